The molecule has 9 heteroatoms. The molecule has 0 bridgehead atoms. The molecule has 0 aliphatic carbocycles. The number of carbonyl (C=O) groups excluding carboxylic acids is 1. The van der Waals surface area contributed by atoms with E-state index in [4.69, 9.17) is 9.47 Å². The number of aliphatic hydroxyl groups excluding tert-OH is 5. The standard InChI is InChI=1S/C38H69NO8/c1-3-5-7-9-11-13-15-17-19-21-23-25-27-32(41)31(30-46-38-37(45)36(44)35(43)33(29-40)47-38)39-34(42)28-26-24-22-20-18-16-14-12-10-8-6-4-2/h12,14,17,19,25,27,31-33,35-38,40-41,43-45H,3-11,13,15-16,18,20-24,26,28-30H2,1-2H3,(H,39,42)/b14-12-,19-17+,27-25+. The smallest absolute Gasteiger partial charge is 0.220 e. The summed E-state index contributed by atoms with van der Waals surface area (Å²) in [5.41, 5.74) is 0. The van der Waals surface area contributed by atoms with E-state index in [9.17, 15) is 30.3 Å². The second-order valence-corrected chi connectivity index (χ2v) is 13.0. The van der Waals surface area contributed by atoms with Gasteiger partial charge in [-0.05, 0) is 57.8 Å². The topological polar surface area (TPSA) is 149 Å². The molecule has 0 aromatic carbocycles. The van der Waals surface area contributed by atoms with Crippen LogP contribution in [0.5, 0.6) is 0 Å². The highest BCUT2D eigenvalue weighted by molar-refractivity contribution is 5.76. The van der Waals surface area contributed by atoms with Crippen molar-refractivity contribution in [2.45, 2.75) is 185 Å². The van der Waals surface area contributed by atoms with Gasteiger partial charge in [0.25, 0.3) is 0 Å². The van der Waals surface area contributed by atoms with Gasteiger partial charge in [-0.25, -0.2) is 0 Å². The van der Waals surface area contributed by atoms with E-state index >= 15 is 0 Å². The van der Waals surface area contributed by atoms with Gasteiger partial charge in [-0.2, -0.15) is 0 Å². The fourth-order valence-electron chi connectivity index (χ4n) is 5.57. The van der Waals surface area contributed by atoms with Gasteiger partial charge in [-0.15, -0.1) is 0 Å². The van der Waals surface area contributed by atoms with Crippen LogP contribution in [0.25, 0.3) is 0 Å². The van der Waals surface area contributed by atoms with Crippen molar-refractivity contribution in [2.75, 3.05) is 13.2 Å². The van der Waals surface area contributed by atoms with E-state index in [-0.39, 0.29) is 12.5 Å². The Morgan fingerprint density at radius 2 is 1.21 bits per heavy atom. The molecule has 0 radical (unpaired) electrons. The molecular formula is C38H69NO8. The largest absolute Gasteiger partial charge is 0.394 e. The van der Waals surface area contributed by atoms with Gasteiger partial charge in [0.15, 0.2) is 6.29 Å². The van der Waals surface area contributed by atoms with Crippen LogP contribution < -0.4 is 5.32 Å². The van der Waals surface area contributed by atoms with E-state index in [2.05, 4.69) is 43.5 Å². The van der Waals surface area contributed by atoms with E-state index in [1.807, 2.05) is 6.08 Å². The van der Waals surface area contributed by atoms with E-state index in [1.54, 1.807) is 6.08 Å². The van der Waals surface area contributed by atoms with Crippen molar-refractivity contribution < 1.29 is 39.8 Å². The lowest BCUT2D eigenvalue weighted by Crippen LogP contribution is -2.60. The van der Waals surface area contributed by atoms with Gasteiger partial charge >= 0.3 is 0 Å². The van der Waals surface area contributed by atoms with Crippen molar-refractivity contribution >= 4 is 5.91 Å². The second-order valence-electron chi connectivity index (χ2n) is 13.0. The van der Waals surface area contributed by atoms with Gasteiger partial charge in [-0.1, -0.05) is 115 Å². The first-order chi connectivity index (χ1) is 22.8. The molecule has 1 aliphatic heterocycles. The SMILES string of the molecule is CCCCC/C=C\CCCCCCCC(=O)NC(COC1OC(CO)C(O)C(O)C1O)C(O)/C=C/CC/C=C/CCCCCCCC. The van der Waals surface area contributed by atoms with E-state index in [0.29, 0.717) is 6.42 Å². The average Bonchev–Trinajstić information content (AvgIpc) is 3.07. The number of hydrogen-bond acceptors (Lipinski definition) is 8. The summed E-state index contributed by atoms with van der Waals surface area (Å²) in [5, 5.41) is 53.8. The lowest BCUT2D eigenvalue weighted by Gasteiger charge is -2.40. The maximum absolute atomic E-state index is 12.8. The van der Waals surface area contributed by atoms with Gasteiger partial charge < -0.3 is 40.3 Å². The number of rotatable bonds is 29. The summed E-state index contributed by atoms with van der Waals surface area (Å²) in [5.74, 6) is -0.201. The molecule has 1 aliphatic rings. The Morgan fingerprint density at radius 1 is 0.702 bits per heavy atom. The van der Waals surface area contributed by atoms with E-state index in [0.717, 1.165) is 57.8 Å². The Bertz CT molecular complexity index is 833. The third kappa shape index (κ3) is 21.2. The normalized spacial score (nSPS) is 23.3. The zero-order valence-electron chi connectivity index (χ0n) is 29.5. The summed E-state index contributed by atoms with van der Waals surface area (Å²) in [7, 11) is 0. The molecule has 1 amide bonds. The number of carbonyl (C=O) groups is 1. The van der Waals surface area contributed by atoms with Crippen LogP contribution in [-0.2, 0) is 14.3 Å². The van der Waals surface area contributed by atoms with Gasteiger partial charge in [-0.3, -0.25) is 4.79 Å². The van der Waals surface area contributed by atoms with Crippen LogP contribution in [0.15, 0.2) is 36.5 Å². The first-order valence-corrected chi connectivity index (χ1v) is 18.7. The third-order valence-corrected chi connectivity index (χ3v) is 8.69. The van der Waals surface area contributed by atoms with Crippen LogP contribution in [0.4, 0.5) is 0 Å². The highest BCUT2D eigenvalue weighted by Crippen LogP contribution is 2.22. The van der Waals surface area contributed by atoms with Crippen molar-refractivity contribution in [1.29, 1.82) is 0 Å². The van der Waals surface area contributed by atoms with Crippen molar-refractivity contribution in [3.05, 3.63) is 36.5 Å². The minimum Gasteiger partial charge on any atom is -0.394 e. The molecule has 0 spiro atoms. The molecule has 1 rings (SSSR count). The minimum atomic E-state index is -1.57. The monoisotopic (exact) mass is 668 g/mol. The number of allylic oxidation sites excluding steroid dienone is 5. The number of unbranched alkanes of at least 4 members (excludes halogenated alkanes) is 15. The third-order valence-electron chi connectivity index (χ3n) is 8.69. The predicted octanol–water partition coefficient (Wildman–Crippen LogP) is 6.16. The Labute approximate surface area is 285 Å². The van der Waals surface area contributed by atoms with Gasteiger partial charge in [0, 0.05) is 6.42 Å². The van der Waals surface area contributed by atoms with Crippen LogP contribution in [0, 0.1) is 0 Å². The van der Waals surface area contributed by atoms with Crippen molar-refractivity contribution in [2.24, 2.45) is 0 Å². The van der Waals surface area contributed by atoms with Gasteiger partial charge in [0.1, 0.15) is 24.4 Å². The molecule has 47 heavy (non-hydrogen) atoms. The van der Waals surface area contributed by atoms with Gasteiger partial charge in [0.05, 0.1) is 25.4 Å². The zero-order valence-corrected chi connectivity index (χ0v) is 29.5. The molecule has 1 heterocycles. The Morgan fingerprint density at radius 3 is 1.83 bits per heavy atom. The van der Waals surface area contributed by atoms with Crippen LogP contribution >= 0.6 is 0 Å². The van der Waals surface area contributed by atoms with Crippen LogP contribution in [0.1, 0.15) is 142 Å². The second kappa shape index (κ2) is 29.3. The summed E-state index contributed by atoms with van der Waals surface area (Å²) in [6.45, 7) is 3.67. The van der Waals surface area contributed by atoms with Crippen LogP contribution in [0.3, 0.4) is 0 Å². The first kappa shape index (κ1) is 43.4. The first-order valence-electron chi connectivity index (χ1n) is 18.7. The lowest BCUT2D eigenvalue weighted by atomic mass is 9.99. The predicted molar refractivity (Wildman–Crippen MR) is 189 cm³/mol. The van der Waals surface area contributed by atoms with E-state index in [1.165, 1.54) is 64.2 Å². The molecule has 0 aromatic heterocycles. The minimum absolute atomic E-state index is 0.201. The molecule has 1 fully saturated rings. The van der Waals surface area contributed by atoms with E-state index < -0.39 is 49.5 Å². The maximum Gasteiger partial charge on any atom is 0.220 e. The molecule has 0 aromatic rings. The van der Waals surface area contributed by atoms with Crippen molar-refractivity contribution in [3.63, 3.8) is 0 Å². The Balaban J connectivity index is 2.52. The zero-order chi connectivity index (χ0) is 34.5. The van der Waals surface area contributed by atoms with Crippen LogP contribution in [-0.4, -0.2) is 87.5 Å². The summed E-state index contributed by atoms with van der Waals surface area (Å²) < 4.78 is 11.1. The highest BCUT2D eigenvalue weighted by atomic mass is 16.7. The van der Waals surface area contributed by atoms with Crippen LogP contribution in [0.2, 0.25) is 0 Å². The fraction of sp³-hybridized carbons (Fsp3) is 0.816. The highest BCUT2D eigenvalue weighted by Gasteiger charge is 2.44. The summed E-state index contributed by atoms with van der Waals surface area (Å²) in [6.07, 6.45) is 26.2. The molecule has 7 atom stereocenters. The Kier molecular flexibility index (Phi) is 27.1. The summed E-state index contributed by atoms with van der Waals surface area (Å²) in [4.78, 5) is 12.8. The van der Waals surface area contributed by atoms with Gasteiger partial charge in [0.2, 0.25) is 5.91 Å². The fourth-order valence-corrected chi connectivity index (χ4v) is 5.57. The molecular weight excluding hydrogens is 598 g/mol. The maximum atomic E-state index is 12.8. The molecule has 1 saturated heterocycles. The molecule has 9 nitrogen and oxygen atoms in total. The van der Waals surface area contributed by atoms with Crippen molar-refractivity contribution in [3.8, 4) is 0 Å². The van der Waals surface area contributed by atoms with Crippen molar-refractivity contribution in [1.82, 2.24) is 5.32 Å². The molecule has 6 N–H and O–H groups in total. The number of aliphatic hydroxyl groups is 5. The average molecular weight is 668 g/mol. The number of ether oxygens (including phenoxy) is 2. The number of hydrogen-bond donors (Lipinski definition) is 6. The summed E-state index contributed by atoms with van der Waals surface area (Å²) in [6, 6.07) is -0.821. The molecule has 7 unspecified atom stereocenters. The quantitative estimate of drug-likeness (QED) is 0.0411. The number of nitrogens with one attached hydrogen (secondary N) is 1. The lowest BCUT2D eigenvalue weighted by molar-refractivity contribution is -0.302. The number of amides is 1. The molecule has 0 saturated carbocycles. The molecule has 274 valence electrons. The Hall–Kier alpha value is -1.59. The summed E-state index contributed by atoms with van der Waals surface area (Å²) >= 11 is 0.